The van der Waals surface area contributed by atoms with Crippen molar-refractivity contribution in [2.24, 2.45) is 10.9 Å². The van der Waals surface area contributed by atoms with E-state index in [9.17, 15) is 0 Å². The molecule has 5 heteroatoms. The summed E-state index contributed by atoms with van der Waals surface area (Å²) in [5.41, 5.74) is 7.13. The van der Waals surface area contributed by atoms with Gasteiger partial charge in [-0.2, -0.15) is 0 Å². The molecular weight excluding hydrogens is 559 g/mol. The van der Waals surface area contributed by atoms with Crippen molar-refractivity contribution < 1.29 is 9.47 Å². The van der Waals surface area contributed by atoms with Crippen LogP contribution in [0.5, 0.6) is 11.5 Å². The zero-order valence-corrected chi connectivity index (χ0v) is 22.7. The highest BCUT2D eigenvalue weighted by Gasteiger charge is 2.37. The van der Waals surface area contributed by atoms with E-state index in [1.54, 1.807) is 0 Å². The number of rotatable bonds is 7. The van der Waals surface area contributed by atoms with E-state index in [4.69, 9.17) is 20.9 Å². The Morgan fingerprint density at radius 3 is 2.75 bits per heavy atom. The summed E-state index contributed by atoms with van der Waals surface area (Å²) in [7, 11) is 0. The van der Waals surface area contributed by atoms with Gasteiger partial charge in [0.25, 0.3) is 0 Å². The molecule has 5 rings (SSSR count). The molecule has 0 radical (unpaired) electrons. The number of ether oxygens (including phenoxy) is 2. The smallest absolute Gasteiger partial charge is 0.175 e. The summed E-state index contributed by atoms with van der Waals surface area (Å²) in [6, 6.07) is 19.6. The van der Waals surface area contributed by atoms with Crippen LogP contribution in [0.4, 0.5) is 11.4 Å². The summed E-state index contributed by atoms with van der Waals surface area (Å²) in [5.74, 6) is 4.86. The van der Waals surface area contributed by atoms with Crippen molar-refractivity contribution in [1.29, 1.82) is 0 Å². The van der Waals surface area contributed by atoms with E-state index in [1.807, 2.05) is 25.3 Å². The molecule has 0 bridgehead atoms. The SMILES string of the molecule is C#CCOc1c(I)cc(C=Nc2ccc([C@@H]3Nc4ccc(C)cc4[C@H]4C=CC[C@@H]43)cc2)cc1OCC. The zero-order valence-electron chi connectivity index (χ0n) is 20.5. The molecule has 4 nitrogen and oxygen atoms in total. The predicted molar refractivity (Wildman–Crippen MR) is 156 cm³/mol. The lowest BCUT2D eigenvalue weighted by molar-refractivity contribution is 0.298. The van der Waals surface area contributed by atoms with Gasteiger partial charge in [-0.1, -0.05) is 47.9 Å². The molecule has 0 spiro atoms. The predicted octanol–water partition coefficient (Wildman–Crippen LogP) is 7.59. The van der Waals surface area contributed by atoms with E-state index in [1.165, 1.54) is 22.4 Å². The van der Waals surface area contributed by atoms with Crippen LogP contribution in [0.15, 0.2) is 71.7 Å². The Hall–Kier alpha value is -3.24. The third-order valence-electron chi connectivity index (χ3n) is 6.76. The summed E-state index contributed by atoms with van der Waals surface area (Å²) < 4.78 is 12.4. The first-order valence-electron chi connectivity index (χ1n) is 12.3. The minimum atomic E-state index is 0.203. The number of hydrogen-bond acceptors (Lipinski definition) is 4. The highest BCUT2D eigenvalue weighted by Crippen LogP contribution is 2.50. The highest BCUT2D eigenvalue weighted by molar-refractivity contribution is 14.1. The summed E-state index contributed by atoms with van der Waals surface area (Å²) in [5, 5.41) is 3.82. The van der Waals surface area contributed by atoms with Crippen molar-refractivity contribution >= 4 is 40.2 Å². The molecule has 0 unspecified atom stereocenters. The van der Waals surface area contributed by atoms with Gasteiger partial charge >= 0.3 is 0 Å². The molecule has 3 aromatic carbocycles. The van der Waals surface area contributed by atoms with Crippen LogP contribution in [-0.4, -0.2) is 19.4 Å². The number of benzene rings is 3. The molecule has 1 aliphatic heterocycles. The van der Waals surface area contributed by atoms with Crippen molar-refractivity contribution in [2.75, 3.05) is 18.5 Å². The monoisotopic (exact) mass is 588 g/mol. The van der Waals surface area contributed by atoms with Crippen LogP contribution in [0, 0.1) is 28.8 Å². The summed E-state index contributed by atoms with van der Waals surface area (Å²) in [6.07, 6.45) is 13.0. The molecule has 1 heterocycles. The van der Waals surface area contributed by atoms with E-state index in [2.05, 4.69) is 95.4 Å². The van der Waals surface area contributed by atoms with Crippen LogP contribution in [0.1, 0.15) is 47.6 Å². The second kappa shape index (κ2) is 10.8. The number of aliphatic imine (C=N–C) groups is 1. The standard InChI is InChI=1S/C31H29IN2O2/c1-4-15-36-31-27(32)17-21(18-29(31)35-5-2)19-33-23-12-10-22(11-13-23)30-25-8-6-7-24(25)26-16-20(3)9-14-28(26)34-30/h1,6-7,9-14,16-19,24-25,30,34H,5,8,15H2,2-3H3/t24-,25-,30-/m0/s1. The lowest BCUT2D eigenvalue weighted by Crippen LogP contribution is -2.29. The Bertz CT molecular complexity index is 1350. The van der Waals surface area contributed by atoms with Crippen LogP contribution in [0.3, 0.4) is 0 Å². The second-order valence-corrected chi connectivity index (χ2v) is 10.3. The largest absolute Gasteiger partial charge is 0.490 e. The molecule has 0 saturated heterocycles. The Morgan fingerprint density at radius 1 is 1.14 bits per heavy atom. The third kappa shape index (κ3) is 5.01. The second-order valence-electron chi connectivity index (χ2n) is 9.17. The van der Waals surface area contributed by atoms with Crippen molar-refractivity contribution in [1.82, 2.24) is 0 Å². The quantitative estimate of drug-likeness (QED) is 0.134. The molecule has 0 saturated carbocycles. The molecule has 0 aromatic heterocycles. The van der Waals surface area contributed by atoms with Gasteiger partial charge in [0.2, 0.25) is 0 Å². The number of hydrogen-bond donors (Lipinski definition) is 1. The first-order chi connectivity index (χ1) is 17.6. The fourth-order valence-corrected chi connectivity index (χ4v) is 5.92. The normalized spacial score (nSPS) is 19.9. The van der Waals surface area contributed by atoms with Gasteiger partial charge in [-0.3, -0.25) is 4.99 Å². The number of anilines is 1. The maximum atomic E-state index is 5.78. The molecule has 3 atom stereocenters. The minimum Gasteiger partial charge on any atom is -0.490 e. The number of nitrogens with zero attached hydrogens (tertiary/aromatic N) is 1. The number of terminal acetylenes is 1. The number of fused-ring (bicyclic) bond motifs is 3. The Balaban J connectivity index is 1.35. The fraction of sp³-hybridized carbons (Fsp3) is 0.258. The van der Waals surface area contributed by atoms with Gasteiger partial charge < -0.3 is 14.8 Å². The van der Waals surface area contributed by atoms with E-state index in [0.29, 0.717) is 29.9 Å². The average molecular weight is 588 g/mol. The molecule has 182 valence electrons. The van der Waals surface area contributed by atoms with Gasteiger partial charge in [-0.05, 0) is 95.8 Å². The topological polar surface area (TPSA) is 42.8 Å². The van der Waals surface area contributed by atoms with Gasteiger partial charge in [0.05, 0.1) is 21.9 Å². The van der Waals surface area contributed by atoms with E-state index >= 15 is 0 Å². The van der Waals surface area contributed by atoms with Crippen LogP contribution in [-0.2, 0) is 0 Å². The van der Waals surface area contributed by atoms with Crippen molar-refractivity contribution in [3.8, 4) is 23.8 Å². The Labute approximate surface area is 227 Å². The van der Waals surface area contributed by atoms with Crippen molar-refractivity contribution in [3.63, 3.8) is 0 Å². The van der Waals surface area contributed by atoms with Gasteiger partial charge in [0, 0.05) is 17.8 Å². The molecule has 36 heavy (non-hydrogen) atoms. The van der Waals surface area contributed by atoms with Gasteiger partial charge in [-0.15, -0.1) is 6.42 Å². The molecule has 0 amide bonds. The number of nitrogens with one attached hydrogen (secondary N) is 1. The minimum absolute atomic E-state index is 0.203. The number of aryl methyl sites for hydroxylation is 1. The highest BCUT2D eigenvalue weighted by atomic mass is 127. The van der Waals surface area contributed by atoms with Gasteiger partial charge in [0.15, 0.2) is 11.5 Å². The van der Waals surface area contributed by atoms with Gasteiger partial charge in [-0.25, -0.2) is 0 Å². The summed E-state index contributed by atoms with van der Waals surface area (Å²) >= 11 is 2.24. The fourth-order valence-electron chi connectivity index (χ4n) is 5.14. The van der Waals surface area contributed by atoms with E-state index in [-0.39, 0.29) is 12.6 Å². The third-order valence-corrected chi connectivity index (χ3v) is 7.57. The van der Waals surface area contributed by atoms with Gasteiger partial charge in [0.1, 0.15) is 6.61 Å². The average Bonchev–Trinajstić information content (AvgIpc) is 3.38. The zero-order chi connectivity index (χ0) is 25.1. The molecule has 1 aliphatic carbocycles. The molecule has 2 aliphatic rings. The van der Waals surface area contributed by atoms with E-state index < -0.39 is 0 Å². The maximum absolute atomic E-state index is 5.78. The molecular formula is C31H29IN2O2. The summed E-state index contributed by atoms with van der Waals surface area (Å²) in [4.78, 5) is 4.72. The van der Waals surface area contributed by atoms with Crippen LogP contribution < -0.4 is 14.8 Å². The molecule has 1 N–H and O–H groups in total. The van der Waals surface area contributed by atoms with Crippen molar-refractivity contribution in [2.45, 2.75) is 32.2 Å². The number of halogens is 1. The van der Waals surface area contributed by atoms with E-state index in [0.717, 1.165) is 21.2 Å². The summed E-state index contributed by atoms with van der Waals surface area (Å²) in [6.45, 7) is 4.86. The number of allylic oxidation sites excluding steroid dienone is 2. The lowest BCUT2D eigenvalue weighted by atomic mass is 9.76. The first kappa shape index (κ1) is 24.5. The Kier molecular flexibility index (Phi) is 7.33. The first-order valence-corrected chi connectivity index (χ1v) is 13.4. The van der Waals surface area contributed by atoms with Crippen LogP contribution >= 0.6 is 22.6 Å². The van der Waals surface area contributed by atoms with Crippen LogP contribution in [0.2, 0.25) is 0 Å². The lowest BCUT2D eigenvalue weighted by Gasteiger charge is -2.37. The Morgan fingerprint density at radius 2 is 1.97 bits per heavy atom. The van der Waals surface area contributed by atoms with Crippen molar-refractivity contribution in [3.05, 3.63) is 92.6 Å². The molecule has 3 aromatic rings. The molecule has 0 fully saturated rings. The van der Waals surface area contributed by atoms with Crippen LogP contribution in [0.25, 0.3) is 0 Å². The maximum Gasteiger partial charge on any atom is 0.175 e.